The number of amides is 1. The van der Waals surface area contributed by atoms with Gasteiger partial charge < -0.3 is 11.1 Å². The summed E-state index contributed by atoms with van der Waals surface area (Å²) in [6, 6.07) is 9.70. The van der Waals surface area contributed by atoms with Crippen LogP contribution in [0.3, 0.4) is 0 Å². The smallest absolute Gasteiger partial charge is 0.261 e. The van der Waals surface area contributed by atoms with Crippen LogP contribution in [0.2, 0.25) is 0 Å². The van der Waals surface area contributed by atoms with E-state index in [4.69, 9.17) is 5.73 Å². The van der Waals surface area contributed by atoms with E-state index in [-0.39, 0.29) is 5.91 Å². The molecule has 6 heteroatoms. The van der Waals surface area contributed by atoms with E-state index in [9.17, 15) is 4.79 Å². The zero-order valence-electron chi connectivity index (χ0n) is 9.95. The van der Waals surface area contributed by atoms with Crippen molar-refractivity contribution in [2.45, 2.75) is 13.1 Å². The Morgan fingerprint density at radius 2 is 1.84 bits per heavy atom. The molecule has 0 radical (unpaired) electrons. The summed E-state index contributed by atoms with van der Waals surface area (Å²) < 4.78 is 1.82. The number of benzene rings is 1. The van der Waals surface area contributed by atoms with Crippen molar-refractivity contribution in [1.29, 1.82) is 0 Å². The summed E-state index contributed by atoms with van der Waals surface area (Å²) in [6.45, 7) is 1.04. The average Bonchev–Trinajstić information content (AvgIpc) is 2.77. The highest BCUT2D eigenvalue weighted by atomic mass is 79.9. The van der Waals surface area contributed by atoms with Crippen LogP contribution in [-0.4, -0.2) is 5.91 Å². The van der Waals surface area contributed by atoms with Crippen LogP contribution < -0.4 is 11.1 Å². The molecule has 2 aromatic rings. The minimum absolute atomic E-state index is 0.0701. The first-order chi connectivity index (χ1) is 9.10. The Balaban J connectivity index is 1.96. The van der Waals surface area contributed by atoms with Gasteiger partial charge in [0.05, 0.1) is 8.66 Å². The molecule has 0 aliphatic carbocycles. The van der Waals surface area contributed by atoms with Crippen molar-refractivity contribution in [3.05, 3.63) is 54.6 Å². The second-order valence-electron chi connectivity index (χ2n) is 3.94. The van der Waals surface area contributed by atoms with Gasteiger partial charge >= 0.3 is 0 Å². The normalized spacial score (nSPS) is 10.5. The van der Waals surface area contributed by atoms with Gasteiger partial charge in [-0.3, -0.25) is 4.79 Å². The van der Waals surface area contributed by atoms with Gasteiger partial charge in [-0.1, -0.05) is 24.3 Å². The molecule has 3 nitrogen and oxygen atoms in total. The van der Waals surface area contributed by atoms with E-state index in [0.29, 0.717) is 18.0 Å². The van der Waals surface area contributed by atoms with Gasteiger partial charge in [0.25, 0.3) is 5.91 Å². The Morgan fingerprint density at radius 1 is 1.21 bits per heavy atom. The molecule has 19 heavy (non-hydrogen) atoms. The van der Waals surface area contributed by atoms with Crippen LogP contribution in [0.4, 0.5) is 0 Å². The van der Waals surface area contributed by atoms with E-state index >= 15 is 0 Å². The van der Waals surface area contributed by atoms with Crippen molar-refractivity contribution in [2.24, 2.45) is 5.73 Å². The third kappa shape index (κ3) is 3.89. The van der Waals surface area contributed by atoms with Crippen LogP contribution in [0.15, 0.2) is 38.6 Å². The second-order valence-corrected chi connectivity index (χ2v) is 7.16. The fourth-order valence-electron chi connectivity index (χ4n) is 1.52. The SMILES string of the molecule is NCc1ccc(CNC(=O)c2cc(Br)c(Br)s2)cc1. The summed E-state index contributed by atoms with van der Waals surface area (Å²) in [6.07, 6.45) is 0. The number of rotatable bonds is 4. The predicted octanol–water partition coefficient (Wildman–Crippen LogP) is 3.66. The molecule has 100 valence electrons. The Morgan fingerprint density at radius 3 is 2.37 bits per heavy atom. The molecule has 1 heterocycles. The summed E-state index contributed by atoms with van der Waals surface area (Å²) in [5.41, 5.74) is 7.68. The van der Waals surface area contributed by atoms with Gasteiger partial charge in [0.1, 0.15) is 0 Å². The lowest BCUT2D eigenvalue weighted by Gasteiger charge is -2.04. The van der Waals surface area contributed by atoms with E-state index in [0.717, 1.165) is 19.4 Å². The zero-order valence-corrected chi connectivity index (χ0v) is 13.9. The summed E-state index contributed by atoms with van der Waals surface area (Å²) >= 11 is 8.15. The van der Waals surface area contributed by atoms with Crippen LogP contribution in [0.25, 0.3) is 0 Å². The van der Waals surface area contributed by atoms with Crippen molar-refractivity contribution in [2.75, 3.05) is 0 Å². The maximum absolute atomic E-state index is 11.9. The molecule has 3 N–H and O–H groups in total. The molecule has 0 fully saturated rings. The highest BCUT2D eigenvalue weighted by molar-refractivity contribution is 9.13. The molecule has 0 spiro atoms. The summed E-state index contributed by atoms with van der Waals surface area (Å²) in [7, 11) is 0. The molecule has 0 aliphatic heterocycles. The molecule has 1 aromatic carbocycles. The Labute approximate surface area is 132 Å². The largest absolute Gasteiger partial charge is 0.347 e. The minimum Gasteiger partial charge on any atom is -0.347 e. The van der Waals surface area contributed by atoms with Crippen molar-refractivity contribution in [1.82, 2.24) is 5.32 Å². The van der Waals surface area contributed by atoms with Crippen LogP contribution in [0.1, 0.15) is 20.8 Å². The fraction of sp³-hybridized carbons (Fsp3) is 0.154. The van der Waals surface area contributed by atoms with Gasteiger partial charge in [-0.25, -0.2) is 0 Å². The molecule has 0 atom stereocenters. The molecule has 1 aromatic heterocycles. The van der Waals surface area contributed by atoms with Gasteiger partial charge in [0.15, 0.2) is 0 Å². The summed E-state index contributed by atoms with van der Waals surface area (Å²) in [4.78, 5) is 12.6. The van der Waals surface area contributed by atoms with Crippen LogP contribution >= 0.6 is 43.2 Å². The first-order valence-corrected chi connectivity index (χ1v) is 8.01. The molecule has 0 unspecified atom stereocenters. The molecule has 0 aliphatic rings. The number of nitrogens with two attached hydrogens (primary N) is 1. The minimum atomic E-state index is -0.0701. The maximum atomic E-state index is 11.9. The van der Waals surface area contributed by atoms with Gasteiger partial charge in [-0.2, -0.15) is 0 Å². The van der Waals surface area contributed by atoms with Crippen molar-refractivity contribution in [3.63, 3.8) is 0 Å². The number of hydrogen-bond donors (Lipinski definition) is 2. The van der Waals surface area contributed by atoms with Gasteiger partial charge in [0.2, 0.25) is 0 Å². The average molecular weight is 404 g/mol. The number of halogens is 2. The third-order valence-electron chi connectivity index (χ3n) is 2.58. The van der Waals surface area contributed by atoms with Gasteiger partial charge in [0, 0.05) is 17.6 Å². The van der Waals surface area contributed by atoms with E-state index < -0.39 is 0 Å². The van der Waals surface area contributed by atoms with E-state index in [1.165, 1.54) is 11.3 Å². The number of carbonyl (C=O) groups excluding carboxylic acids is 1. The lowest BCUT2D eigenvalue weighted by molar-refractivity contribution is 0.0955. The van der Waals surface area contributed by atoms with E-state index in [2.05, 4.69) is 37.2 Å². The lowest BCUT2D eigenvalue weighted by Crippen LogP contribution is -2.21. The zero-order chi connectivity index (χ0) is 13.8. The quantitative estimate of drug-likeness (QED) is 0.818. The number of thiophene rings is 1. The van der Waals surface area contributed by atoms with Gasteiger partial charge in [-0.05, 0) is 49.1 Å². The van der Waals surface area contributed by atoms with Crippen molar-refractivity contribution < 1.29 is 4.79 Å². The molecular formula is C13H12Br2N2OS. The first kappa shape index (κ1) is 14.7. The third-order valence-corrected chi connectivity index (χ3v) is 5.84. The molecule has 0 saturated carbocycles. The van der Waals surface area contributed by atoms with Crippen LogP contribution in [0, 0.1) is 0 Å². The monoisotopic (exact) mass is 402 g/mol. The van der Waals surface area contributed by atoms with E-state index in [1.54, 1.807) is 0 Å². The van der Waals surface area contributed by atoms with E-state index in [1.807, 2.05) is 30.3 Å². The predicted molar refractivity (Wildman–Crippen MR) is 85.2 cm³/mol. The Hall–Kier alpha value is -0.690. The summed E-state index contributed by atoms with van der Waals surface area (Å²) in [5, 5.41) is 2.89. The Kier molecular flexibility index (Phi) is 5.15. The summed E-state index contributed by atoms with van der Waals surface area (Å²) in [5.74, 6) is -0.0701. The standard InChI is InChI=1S/C13H12Br2N2OS/c14-10-5-11(19-12(10)15)13(18)17-7-9-3-1-8(6-16)2-4-9/h1-5H,6-7,16H2,(H,17,18). The Bertz CT molecular complexity index is 561. The number of hydrogen-bond acceptors (Lipinski definition) is 3. The van der Waals surface area contributed by atoms with Crippen LogP contribution in [-0.2, 0) is 13.1 Å². The topological polar surface area (TPSA) is 55.1 Å². The first-order valence-electron chi connectivity index (χ1n) is 5.61. The molecule has 0 bridgehead atoms. The lowest BCUT2D eigenvalue weighted by atomic mass is 10.1. The fourth-order valence-corrected chi connectivity index (χ4v) is 3.47. The molecule has 1 amide bonds. The van der Waals surface area contributed by atoms with Crippen molar-refractivity contribution >= 4 is 49.1 Å². The van der Waals surface area contributed by atoms with Crippen LogP contribution in [0.5, 0.6) is 0 Å². The molecule has 0 saturated heterocycles. The maximum Gasteiger partial charge on any atom is 0.261 e. The number of carbonyl (C=O) groups is 1. The molecule has 2 rings (SSSR count). The van der Waals surface area contributed by atoms with Crippen molar-refractivity contribution in [3.8, 4) is 0 Å². The number of nitrogens with one attached hydrogen (secondary N) is 1. The highest BCUT2D eigenvalue weighted by Crippen LogP contribution is 2.32. The highest BCUT2D eigenvalue weighted by Gasteiger charge is 2.11. The second kappa shape index (κ2) is 6.65. The molecular weight excluding hydrogens is 392 g/mol. The van der Waals surface area contributed by atoms with Gasteiger partial charge in [-0.15, -0.1) is 11.3 Å².